The first kappa shape index (κ1) is 16.4. The molecular formula is C20H19N3O3. The second kappa shape index (κ2) is 6.05. The Bertz CT molecular complexity index is 910. The lowest BCUT2D eigenvalue weighted by Crippen LogP contribution is -2.42. The zero-order valence-electron chi connectivity index (χ0n) is 14.5. The van der Waals surface area contributed by atoms with Crippen LogP contribution in [0, 0.1) is 0 Å². The third-order valence-corrected chi connectivity index (χ3v) is 5.17. The number of urea groups is 1. The molecule has 0 unspecified atom stereocenters. The molecule has 26 heavy (non-hydrogen) atoms. The van der Waals surface area contributed by atoms with E-state index in [4.69, 9.17) is 0 Å². The average molecular weight is 349 g/mol. The van der Waals surface area contributed by atoms with E-state index in [0.717, 1.165) is 24.2 Å². The minimum atomic E-state index is -1.25. The van der Waals surface area contributed by atoms with Crippen LogP contribution in [0.4, 0.5) is 4.79 Å². The van der Waals surface area contributed by atoms with Gasteiger partial charge in [0.05, 0.1) is 12.2 Å². The third kappa shape index (κ3) is 2.58. The molecule has 1 N–H and O–H groups in total. The standard InChI is InChI=1S/C20H19N3O3/c1-20(17-7-2-3-10-21-17)18(25)23(19(26)22-20)12-16(24)15-9-8-13-5-4-6-14(13)11-15/h2-3,7-11H,4-6,12H2,1H3,(H,22,26)/t20-/m0/s1. The minimum Gasteiger partial charge on any atom is -0.318 e. The normalized spacial score (nSPS) is 21.7. The molecule has 6 heteroatoms. The number of amides is 3. The number of hydrogen-bond acceptors (Lipinski definition) is 4. The van der Waals surface area contributed by atoms with Crippen molar-refractivity contribution in [3.05, 3.63) is 65.0 Å². The first-order valence-electron chi connectivity index (χ1n) is 8.69. The number of benzene rings is 1. The molecule has 2 heterocycles. The molecule has 3 amide bonds. The monoisotopic (exact) mass is 349 g/mol. The molecule has 1 aliphatic carbocycles. The van der Waals surface area contributed by atoms with E-state index in [1.54, 1.807) is 37.4 Å². The second-order valence-electron chi connectivity index (χ2n) is 6.92. The molecule has 0 radical (unpaired) electrons. The molecule has 132 valence electrons. The second-order valence-corrected chi connectivity index (χ2v) is 6.92. The molecule has 1 fully saturated rings. The van der Waals surface area contributed by atoms with Crippen LogP contribution >= 0.6 is 0 Å². The first-order chi connectivity index (χ1) is 12.5. The Morgan fingerprint density at radius 1 is 1.19 bits per heavy atom. The highest BCUT2D eigenvalue weighted by atomic mass is 16.2. The lowest BCUT2D eigenvalue weighted by molar-refractivity contribution is -0.130. The van der Waals surface area contributed by atoms with Crippen LogP contribution in [0.3, 0.4) is 0 Å². The lowest BCUT2D eigenvalue weighted by atomic mass is 9.97. The third-order valence-electron chi connectivity index (χ3n) is 5.17. The summed E-state index contributed by atoms with van der Waals surface area (Å²) >= 11 is 0. The Hall–Kier alpha value is -3.02. The van der Waals surface area contributed by atoms with Gasteiger partial charge in [0.1, 0.15) is 0 Å². The fourth-order valence-corrected chi connectivity index (χ4v) is 3.65. The summed E-state index contributed by atoms with van der Waals surface area (Å²) in [6.45, 7) is 1.33. The number of Topliss-reactive ketones (excluding diaryl/α,β-unsaturated/α-hetero) is 1. The molecule has 0 saturated carbocycles. The number of ketones is 1. The number of nitrogens with zero attached hydrogens (tertiary/aromatic N) is 2. The highest BCUT2D eigenvalue weighted by molar-refractivity contribution is 6.11. The van der Waals surface area contributed by atoms with Gasteiger partial charge in [0.2, 0.25) is 0 Å². The van der Waals surface area contributed by atoms with Gasteiger partial charge >= 0.3 is 6.03 Å². The number of nitrogens with one attached hydrogen (secondary N) is 1. The van der Waals surface area contributed by atoms with Gasteiger partial charge in [0.15, 0.2) is 11.3 Å². The van der Waals surface area contributed by atoms with Gasteiger partial charge in [-0.1, -0.05) is 18.2 Å². The maximum Gasteiger partial charge on any atom is 0.325 e. The number of carbonyl (C=O) groups is 3. The van der Waals surface area contributed by atoms with Gasteiger partial charge in [-0.15, -0.1) is 0 Å². The van der Waals surface area contributed by atoms with Crippen molar-refractivity contribution in [1.82, 2.24) is 15.2 Å². The molecule has 1 aliphatic heterocycles. The van der Waals surface area contributed by atoms with Crippen LogP contribution in [0.5, 0.6) is 0 Å². The number of carbonyl (C=O) groups excluding carboxylic acids is 3. The van der Waals surface area contributed by atoms with Crippen LogP contribution in [-0.4, -0.2) is 34.2 Å². The van der Waals surface area contributed by atoms with Crippen LogP contribution in [0.2, 0.25) is 0 Å². The Morgan fingerprint density at radius 2 is 2.00 bits per heavy atom. The van der Waals surface area contributed by atoms with Crippen LogP contribution in [0.15, 0.2) is 42.6 Å². The zero-order valence-corrected chi connectivity index (χ0v) is 14.5. The number of fused-ring (bicyclic) bond motifs is 1. The van der Waals surface area contributed by atoms with Crippen molar-refractivity contribution < 1.29 is 14.4 Å². The van der Waals surface area contributed by atoms with E-state index in [2.05, 4.69) is 10.3 Å². The van der Waals surface area contributed by atoms with Crippen molar-refractivity contribution >= 4 is 17.7 Å². The smallest absolute Gasteiger partial charge is 0.318 e. The Kier molecular flexibility index (Phi) is 3.83. The summed E-state index contributed by atoms with van der Waals surface area (Å²) < 4.78 is 0. The highest BCUT2D eigenvalue weighted by Crippen LogP contribution is 2.28. The Morgan fingerprint density at radius 3 is 2.77 bits per heavy atom. The van der Waals surface area contributed by atoms with Gasteiger partial charge in [-0.2, -0.15) is 0 Å². The van der Waals surface area contributed by atoms with Crippen LogP contribution < -0.4 is 5.32 Å². The maximum atomic E-state index is 12.8. The molecule has 6 nitrogen and oxygen atoms in total. The van der Waals surface area contributed by atoms with Crippen molar-refractivity contribution in [2.45, 2.75) is 31.7 Å². The maximum absolute atomic E-state index is 12.8. The minimum absolute atomic E-state index is 0.242. The summed E-state index contributed by atoms with van der Waals surface area (Å²) in [7, 11) is 0. The molecule has 2 aromatic rings. The fraction of sp³-hybridized carbons (Fsp3) is 0.300. The van der Waals surface area contributed by atoms with E-state index >= 15 is 0 Å². The summed E-state index contributed by atoms with van der Waals surface area (Å²) in [5.41, 5.74) is 2.20. The van der Waals surface area contributed by atoms with Gasteiger partial charge in [-0.05, 0) is 55.5 Å². The van der Waals surface area contributed by atoms with E-state index in [1.165, 1.54) is 11.1 Å². The fourth-order valence-electron chi connectivity index (χ4n) is 3.65. The molecule has 0 spiro atoms. The molecule has 2 aliphatic rings. The molecule has 4 rings (SSSR count). The SMILES string of the molecule is C[C@@]1(c2ccccn2)NC(=O)N(CC(=O)c2ccc3c(c2)CCC3)C1=O. The van der Waals surface area contributed by atoms with Crippen molar-refractivity contribution in [3.8, 4) is 0 Å². The number of pyridine rings is 1. The molecular weight excluding hydrogens is 330 g/mol. The number of rotatable bonds is 4. The van der Waals surface area contributed by atoms with Crippen LogP contribution in [-0.2, 0) is 23.2 Å². The van der Waals surface area contributed by atoms with E-state index in [9.17, 15) is 14.4 Å². The first-order valence-corrected chi connectivity index (χ1v) is 8.69. The zero-order chi connectivity index (χ0) is 18.3. The van der Waals surface area contributed by atoms with E-state index in [0.29, 0.717) is 11.3 Å². The van der Waals surface area contributed by atoms with Crippen molar-refractivity contribution in [1.29, 1.82) is 0 Å². The quantitative estimate of drug-likeness (QED) is 0.678. The summed E-state index contributed by atoms with van der Waals surface area (Å²) in [5.74, 6) is -0.704. The van der Waals surface area contributed by atoms with E-state index in [-0.39, 0.29) is 12.3 Å². The predicted molar refractivity (Wildman–Crippen MR) is 94.6 cm³/mol. The molecule has 1 aromatic carbocycles. The average Bonchev–Trinajstić information content (AvgIpc) is 3.20. The topological polar surface area (TPSA) is 79.4 Å². The molecule has 1 atom stereocenters. The van der Waals surface area contributed by atoms with Gasteiger partial charge < -0.3 is 5.32 Å². The Balaban J connectivity index is 1.56. The number of aromatic nitrogens is 1. The molecule has 1 aromatic heterocycles. The highest BCUT2D eigenvalue weighted by Gasteiger charge is 2.50. The predicted octanol–water partition coefficient (Wildman–Crippen LogP) is 2.22. The van der Waals surface area contributed by atoms with Crippen LogP contribution in [0.1, 0.15) is 40.5 Å². The number of hydrogen-bond donors (Lipinski definition) is 1. The van der Waals surface area contributed by atoms with Crippen molar-refractivity contribution in [2.75, 3.05) is 6.54 Å². The molecule has 0 bridgehead atoms. The summed E-state index contributed by atoms with van der Waals surface area (Å²) in [6.07, 6.45) is 4.68. The van der Waals surface area contributed by atoms with Crippen molar-refractivity contribution in [3.63, 3.8) is 0 Å². The van der Waals surface area contributed by atoms with E-state index < -0.39 is 17.5 Å². The number of aryl methyl sites for hydroxylation is 2. The van der Waals surface area contributed by atoms with Crippen LogP contribution in [0.25, 0.3) is 0 Å². The summed E-state index contributed by atoms with van der Waals surface area (Å²) in [6, 6.07) is 10.2. The van der Waals surface area contributed by atoms with Gasteiger partial charge in [0, 0.05) is 11.8 Å². The molecule has 1 saturated heterocycles. The lowest BCUT2D eigenvalue weighted by Gasteiger charge is -2.20. The van der Waals surface area contributed by atoms with Gasteiger partial charge in [-0.3, -0.25) is 19.5 Å². The van der Waals surface area contributed by atoms with Gasteiger partial charge in [0.25, 0.3) is 5.91 Å². The summed E-state index contributed by atoms with van der Waals surface area (Å²) in [5, 5.41) is 2.67. The Labute approximate surface area is 151 Å². The largest absolute Gasteiger partial charge is 0.325 e. The van der Waals surface area contributed by atoms with Crippen molar-refractivity contribution in [2.24, 2.45) is 0 Å². The summed E-state index contributed by atoms with van der Waals surface area (Å²) in [4.78, 5) is 43.0. The van der Waals surface area contributed by atoms with E-state index in [1.807, 2.05) is 12.1 Å². The van der Waals surface area contributed by atoms with Gasteiger partial charge in [-0.25, -0.2) is 4.79 Å². The number of imide groups is 1.